The van der Waals surface area contributed by atoms with E-state index in [-0.39, 0.29) is 11.9 Å². The largest absolute Gasteiger partial charge is 0.461 e. The van der Waals surface area contributed by atoms with Gasteiger partial charge in [0.05, 0.1) is 0 Å². The van der Waals surface area contributed by atoms with E-state index in [4.69, 9.17) is 4.74 Å². The molecule has 0 aromatic rings. The fraction of sp³-hybridized carbons (Fsp3) is 0.545. The van der Waals surface area contributed by atoms with Crippen molar-refractivity contribution in [3.8, 4) is 0 Å². The highest BCUT2D eigenvalue weighted by atomic mass is 16.5. The first-order valence-electron chi connectivity index (χ1n) is 5.57. The van der Waals surface area contributed by atoms with Gasteiger partial charge in [-0.1, -0.05) is 12.7 Å². The molecule has 3 amide bonds. The molecule has 2 atom stereocenters. The molecule has 7 nitrogen and oxygen atoms in total. The standard InChI is InChI=1S/C11H16N4O3/c1-5-6-18-10-12-8-7(13(10)2)9(16)15(4)11(17)14(8)3/h5,7-8H,1,6H2,2-4H3. The maximum Gasteiger partial charge on any atom is 0.328 e. The molecule has 2 rings (SSSR count). The summed E-state index contributed by atoms with van der Waals surface area (Å²) >= 11 is 0. The van der Waals surface area contributed by atoms with Crippen LogP contribution in [-0.2, 0) is 9.53 Å². The van der Waals surface area contributed by atoms with Gasteiger partial charge in [-0.05, 0) is 0 Å². The van der Waals surface area contributed by atoms with Crippen LogP contribution in [0.15, 0.2) is 17.6 Å². The summed E-state index contributed by atoms with van der Waals surface area (Å²) in [5.74, 6) is -0.272. The Morgan fingerprint density at radius 1 is 1.33 bits per heavy atom. The predicted octanol–water partition coefficient (Wildman–Crippen LogP) is -0.291. The van der Waals surface area contributed by atoms with Gasteiger partial charge in [-0.2, -0.15) is 0 Å². The van der Waals surface area contributed by atoms with E-state index in [1.54, 1.807) is 25.1 Å². The molecule has 0 spiro atoms. The molecule has 98 valence electrons. The monoisotopic (exact) mass is 252 g/mol. The molecule has 0 radical (unpaired) electrons. The Morgan fingerprint density at radius 2 is 2.00 bits per heavy atom. The average Bonchev–Trinajstić information content (AvgIpc) is 2.69. The average molecular weight is 252 g/mol. The van der Waals surface area contributed by atoms with Crippen molar-refractivity contribution in [2.45, 2.75) is 12.2 Å². The number of urea groups is 1. The number of nitrogens with zero attached hydrogens (tertiary/aromatic N) is 4. The first kappa shape index (κ1) is 12.4. The Kier molecular flexibility index (Phi) is 2.98. The van der Waals surface area contributed by atoms with E-state index in [1.165, 1.54) is 11.9 Å². The lowest BCUT2D eigenvalue weighted by atomic mass is 10.1. The second-order valence-electron chi connectivity index (χ2n) is 4.27. The number of fused-ring (bicyclic) bond motifs is 1. The predicted molar refractivity (Wildman–Crippen MR) is 64.9 cm³/mol. The van der Waals surface area contributed by atoms with Crippen LogP contribution in [0.1, 0.15) is 0 Å². The third-order valence-corrected chi connectivity index (χ3v) is 3.14. The van der Waals surface area contributed by atoms with E-state index in [1.807, 2.05) is 0 Å². The van der Waals surface area contributed by atoms with Gasteiger partial charge in [-0.15, -0.1) is 0 Å². The minimum atomic E-state index is -0.522. The third kappa shape index (κ3) is 1.62. The first-order valence-corrected chi connectivity index (χ1v) is 5.57. The van der Waals surface area contributed by atoms with Gasteiger partial charge >= 0.3 is 6.03 Å². The van der Waals surface area contributed by atoms with Crippen LogP contribution in [0.2, 0.25) is 0 Å². The van der Waals surface area contributed by atoms with Crippen molar-refractivity contribution >= 4 is 18.0 Å². The second-order valence-corrected chi connectivity index (χ2v) is 4.27. The Bertz CT molecular complexity index is 434. The molecule has 7 heteroatoms. The Hall–Kier alpha value is -2.05. The zero-order chi connectivity index (χ0) is 13.4. The quantitative estimate of drug-likeness (QED) is 0.633. The number of imide groups is 1. The number of hydrogen-bond acceptors (Lipinski definition) is 5. The smallest absolute Gasteiger partial charge is 0.328 e. The summed E-state index contributed by atoms with van der Waals surface area (Å²) in [4.78, 5) is 32.3. The normalized spacial score (nSPS) is 27.3. The Morgan fingerprint density at radius 3 is 2.61 bits per heavy atom. The highest BCUT2D eigenvalue weighted by molar-refractivity contribution is 6.02. The maximum absolute atomic E-state index is 12.1. The van der Waals surface area contributed by atoms with Crippen LogP contribution >= 0.6 is 0 Å². The second kappa shape index (κ2) is 4.32. The van der Waals surface area contributed by atoms with Crippen LogP contribution < -0.4 is 0 Å². The highest BCUT2D eigenvalue weighted by Crippen LogP contribution is 2.25. The zero-order valence-electron chi connectivity index (χ0n) is 10.7. The summed E-state index contributed by atoms with van der Waals surface area (Å²) in [6.07, 6.45) is 1.08. The van der Waals surface area contributed by atoms with Crippen LogP contribution in [-0.4, -0.2) is 72.6 Å². The van der Waals surface area contributed by atoms with Gasteiger partial charge in [0.2, 0.25) is 0 Å². The maximum atomic E-state index is 12.1. The Balaban J connectivity index is 2.27. The van der Waals surface area contributed by atoms with Crippen molar-refractivity contribution in [1.29, 1.82) is 0 Å². The first-order chi connectivity index (χ1) is 8.49. The SMILES string of the molecule is C=CCOC1=NC2C(C(=O)N(C)C(=O)N2C)N1C. The third-order valence-electron chi connectivity index (χ3n) is 3.14. The zero-order valence-corrected chi connectivity index (χ0v) is 10.7. The van der Waals surface area contributed by atoms with Crippen molar-refractivity contribution in [3.63, 3.8) is 0 Å². The number of aliphatic imine (C=N–C) groups is 1. The number of carbonyl (C=O) groups is 2. The molecule has 0 aromatic carbocycles. The number of carbonyl (C=O) groups excluding carboxylic acids is 2. The van der Waals surface area contributed by atoms with Gasteiger partial charge < -0.3 is 14.5 Å². The van der Waals surface area contributed by atoms with Gasteiger partial charge in [0.1, 0.15) is 6.61 Å². The van der Waals surface area contributed by atoms with E-state index in [0.29, 0.717) is 12.6 Å². The molecule has 2 aliphatic heterocycles. The minimum Gasteiger partial charge on any atom is -0.461 e. The number of likely N-dealkylation sites (N-methyl/N-ethyl adjacent to an activating group) is 3. The van der Waals surface area contributed by atoms with Crippen LogP contribution in [0.4, 0.5) is 4.79 Å². The topological polar surface area (TPSA) is 65.5 Å². The molecule has 18 heavy (non-hydrogen) atoms. The van der Waals surface area contributed by atoms with E-state index in [9.17, 15) is 9.59 Å². The highest BCUT2D eigenvalue weighted by Gasteiger charge is 2.50. The van der Waals surface area contributed by atoms with Gasteiger partial charge in [0.15, 0.2) is 12.2 Å². The molecule has 0 aliphatic carbocycles. The lowest BCUT2D eigenvalue weighted by molar-refractivity contribution is -0.135. The van der Waals surface area contributed by atoms with Crippen LogP contribution in [0.5, 0.6) is 0 Å². The minimum absolute atomic E-state index is 0.272. The summed E-state index contributed by atoms with van der Waals surface area (Å²) in [5, 5.41) is 0. The molecular formula is C11H16N4O3. The number of amides is 3. The number of ether oxygens (including phenoxy) is 1. The molecule has 0 saturated carbocycles. The summed E-state index contributed by atoms with van der Waals surface area (Å²) in [5.41, 5.74) is 0. The molecule has 0 bridgehead atoms. The molecule has 2 aliphatic rings. The lowest BCUT2D eigenvalue weighted by Crippen LogP contribution is -2.63. The summed E-state index contributed by atoms with van der Waals surface area (Å²) in [6.45, 7) is 3.86. The molecule has 1 saturated heterocycles. The molecule has 0 N–H and O–H groups in total. The lowest BCUT2D eigenvalue weighted by Gasteiger charge is -2.38. The van der Waals surface area contributed by atoms with E-state index in [2.05, 4.69) is 11.6 Å². The van der Waals surface area contributed by atoms with E-state index < -0.39 is 12.2 Å². The van der Waals surface area contributed by atoms with Crippen molar-refractivity contribution < 1.29 is 14.3 Å². The van der Waals surface area contributed by atoms with Gasteiger partial charge in [0.25, 0.3) is 11.9 Å². The van der Waals surface area contributed by atoms with Gasteiger partial charge in [0, 0.05) is 21.1 Å². The molecular weight excluding hydrogens is 236 g/mol. The van der Waals surface area contributed by atoms with Crippen molar-refractivity contribution in [2.24, 2.45) is 4.99 Å². The fourth-order valence-corrected chi connectivity index (χ4v) is 2.10. The van der Waals surface area contributed by atoms with Crippen molar-refractivity contribution in [2.75, 3.05) is 27.7 Å². The molecule has 2 unspecified atom stereocenters. The van der Waals surface area contributed by atoms with E-state index in [0.717, 1.165) is 4.90 Å². The van der Waals surface area contributed by atoms with Gasteiger partial charge in [-0.25, -0.2) is 9.79 Å². The summed E-state index contributed by atoms with van der Waals surface area (Å²) < 4.78 is 5.37. The number of amidine groups is 1. The van der Waals surface area contributed by atoms with Crippen LogP contribution in [0.25, 0.3) is 0 Å². The van der Waals surface area contributed by atoms with Crippen molar-refractivity contribution in [1.82, 2.24) is 14.7 Å². The van der Waals surface area contributed by atoms with Crippen molar-refractivity contribution in [3.05, 3.63) is 12.7 Å². The van der Waals surface area contributed by atoms with Gasteiger partial charge in [-0.3, -0.25) is 9.69 Å². The summed E-state index contributed by atoms with van der Waals surface area (Å²) in [6, 6.07) is -0.519. The molecule has 1 fully saturated rings. The summed E-state index contributed by atoms with van der Waals surface area (Å²) in [7, 11) is 4.81. The molecule has 0 aromatic heterocycles. The van der Waals surface area contributed by atoms with Crippen LogP contribution in [0.3, 0.4) is 0 Å². The Labute approximate surface area is 105 Å². The number of hydrogen-bond donors (Lipinski definition) is 0. The van der Waals surface area contributed by atoms with Crippen LogP contribution in [0, 0.1) is 0 Å². The molecule has 2 heterocycles. The van der Waals surface area contributed by atoms with E-state index >= 15 is 0 Å². The fourth-order valence-electron chi connectivity index (χ4n) is 2.10. The number of rotatable bonds is 2.